The van der Waals surface area contributed by atoms with Crippen LogP contribution in [-0.4, -0.2) is 49.6 Å². The molecule has 0 unspecified atom stereocenters. The summed E-state index contributed by atoms with van der Waals surface area (Å²) in [5.74, 6) is 0.883. The molecule has 0 atom stereocenters. The molecule has 140 valence electrons. The van der Waals surface area contributed by atoms with E-state index in [1.54, 1.807) is 6.07 Å². The lowest BCUT2D eigenvalue weighted by atomic mass is 10.1. The van der Waals surface area contributed by atoms with Crippen molar-refractivity contribution in [2.75, 3.05) is 39.8 Å². The molecule has 1 aliphatic heterocycles. The number of hydrogen-bond acceptors (Lipinski definition) is 3. The monoisotopic (exact) mass is 392 g/mol. The molecule has 0 amide bonds. The summed E-state index contributed by atoms with van der Waals surface area (Å²) in [5, 5.41) is 1.28. The van der Waals surface area contributed by atoms with Crippen molar-refractivity contribution in [2.24, 2.45) is 0 Å². The maximum Gasteiger partial charge on any atom is 0.120 e. The Morgan fingerprint density at radius 1 is 1.00 bits per heavy atom. The van der Waals surface area contributed by atoms with E-state index in [1.807, 2.05) is 18.2 Å². The fourth-order valence-electron chi connectivity index (χ4n) is 3.17. The Morgan fingerprint density at radius 3 is 2.58 bits per heavy atom. The second-order valence-electron chi connectivity index (χ2n) is 6.92. The van der Waals surface area contributed by atoms with Crippen LogP contribution in [0.3, 0.4) is 0 Å². The zero-order valence-electron chi connectivity index (χ0n) is 15.3. The van der Waals surface area contributed by atoms with E-state index in [9.17, 15) is 0 Å². The van der Waals surface area contributed by atoms with Crippen molar-refractivity contribution >= 4 is 23.2 Å². The van der Waals surface area contributed by atoms with E-state index in [-0.39, 0.29) is 0 Å². The van der Waals surface area contributed by atoms with Gasteiger partial charge in [-0.1, -0.05) is 41.4 Å². The lowest BCUT2D eigenvalue weighted by Gasteiger charge is -2.32. The van der Waals surface area contributed by atoms with Gasteiger partial charge < -0.3 is 14.5 Å². The van der Waals surface area contributed by atoms with E-state index >= 15 is 0 Å². The zero-order valence-corrected chi connectivity index (χ0v) is 16.8. The van der Waals surface area contributed by atoms with Gasteiger partial charge in [-0.2, -0.15) is 0 Å². The van der Waals surface area contributed by atoms with Crippen molar-refractivity contribution in [3.8, 4) is 5.75 Å². The van der Waals surface area contributed by atoms with Crippen molar-refractivity contribution in [3.05, 3.63) is 63.6 Å². The maximum atomic E-state index is 6.21. The number of benzene rings is 2. The first kappa shape index (κ1) is 19.5. The Kier molecular flexibility index (Phi) is 7.21. The Labute approximate surface area is 166 Å². The molecule has 3 rings (SSSR count). The normalized spacial score (nSPS) is 16.0. The number of ether oxygens (including phenoxy) is 1. The molecule has 1 saturated heterocycles. The highest BCUT2D eigenvalue weighted by atomic mass is 35.5. The van der Waals surface area contributed by atoms with Crippen molar-refractivity contribution in [3.63, 3.8) is 0 Å². The molecule has 2 aromatic rings. The second-order valence-corrected chi connectivity index (χ2v) is 7.76. The minimum atomic E-state index is 0.445. The predicted octanol–water partition coefficient (Wildman–Crippen LogP) is 4.75. The van der Waals surface area contributed by atoms with E-state index < -0.39 is 0 Å². The summed E-state index contributed by atoms with van der Waals surface area (Å²) in [6, 6.07) is 13.8. The van der Waals surface area contributed by atoms with Gasteiger partial charge in [0.25, 0.3) is 0 Å². The van der Waals surface area contributed by atoms with Gasteiger partial charge in [-0.05, 0) is 56.3 Å². The number of likely N-dealkylation sites (N-methyl/N-ethyl adjacent to an activating group) is 1. The van der Waals surface area contributed by atoms with Gasteiger partial charge in [0.05, 0.1) is 0 Å². The highest BCUT2D eigenvalue weighted by Gasteiger charge is 2.12. The van der Waals surface area contributed by atoms with Gasteiger partial charge in [0, 0.05) is 41.8 Å². The third-order valence-electron chi connectivity index (χ3n) is 4.84. The van der Waals surface area contributed by atoms with Crippen LogP contribution in [0.2, 0.25) is 10.0 Å². The molecular weight excluding hydrogens is 367 g/mol. The summed E-state index contributed by atoms with van der Waals surface area (Å²) in [5.41, 5.74) is 2.26. The fraction of sp³-hybridized carbons (Fsp3) is 0.429. The van der Waals surface area contributed by atoms with Crippen LogP contribution >= 0.6 is 23.2 Å². The average Bonchev–Trinajstić information content (AvgIpc) is 2.63. The predicted molar refractivity (Wildman–Crippen MR) is 109 cm³/mol. The molecule has 5 heteroatoms. The molecule has 1 heterocycles. The second kappa shape index (κ2) is 9.61. The summed E-state index contributed by atoms with van der Waals surface area (Å²) in [7, 11) is 2.19. The minimum absolute atomic E-state index is 0.445. The molecule has 0 radical (unpaired) electrons. The molecule has 3 nitrogen and oxygen atoms in total. The molecule has 0 bridgehead atoms. The molecular formula is C21H26Cl2N2O. The van der Waals surface area contributed by atoms with Gasteiger partial charge >= 0.3 is 0 Å². The molecule has 1 aliphatic rings. The van der Waals surface area contributed by atoms with Gasteiger partial charge in [0.1, 0.15) is 12.4 Å². The lowest BCUT2D eigenvalue weighted by Crippen LogP contribution is -2.44. The van der Waals surface area contributed by atoms with Gasteiger partial charge in [0.15, 0.2) is 0 Å². The fourth-order valence-corrected chi connectivity index (χ4v) is 3.63. The van der Waals surface area contributed by atoms with Crippen LogP contribution in [0, 0.1) is 0 Å². The van der Waals surface area contributed by atoms with Crippen LogP contribution < -0.4 is 4.74 Å². The molecule has 2 aromatic carbocycles. The third kappa shape index (κ3) is 5.88. The maximum absolute atomic E-state index is 6.21. The summed E-state index contributed by atoms with van der Waals surface area (Å²) in [6.45, 7) is 6.33. The average molecular weight is 393 g/mol. The van der Waals surface area contributed by atoms with Gasteiger partial charge in [-0.3, -0.25) is 0 Å². The van der Waals surface area contributed by atoms with Crippen LogP contribution in [0.25, 0.3) is 0 Å². The van der Waals surface area contributed by atoms with E-state index in [0.29, 0.717) is 16.7 Å². The zero-order chi connectivity index (χ0) is 18.4. The smallest absolute Gasteiger partial charge is 0.120 e. The van der Waals surface area contributed by atoms with Crippen LogP contribution in [-0.2, 0) is 13.0 Å². The molecule has 0 spiro atoms. The van der Waals surface area contributed by atoms with E-state index in [1.165, 1.54) is 44.7 Å². The number of hydrogen-bond donors (Lipinski definition) is 0. The van der Waals surface area contributed by atoms with E-state index in [2.05, 4.69) is 35.0 Å². The Balaban J connectivity index is 1.47. The van der Waals surface area contributed by atoms with Crippen molar-refractivity contribution < 1.29 is 4.74 Å². The van der Waals surface area contributed by atoms with Crippen molar-refractivity contribution in [1.29, 1.82) is 0 Å². The van der Waals surface area contributed by atoms with Gasteiger partial charge in [0.2, 0.25) is 0 Å². The first-order valence-corrected chi connectivity index (χ1v) is 9.92. The molecule has 0 N–H and O–H groups in total. The van der Waals surface area contributed by atoms with Crippen LogP contribution in [0.4, 0.5) is 0 Å². The summed E-state index contributed by atoms with van der Waals surface area (Å²) in [4.78, 5) is 4.95. The SMILES string of the molecule is CN1CCN(CCCc2cccc(OCc3ccc(Cl)cc3Cl)c2)CC1. The van der Waals surface area contributed by atoms with E-state index in [0.717, 1.165) is 17.7 Å². The van der Waals surface area contributed by atoms with Gasteiger partial charge in [-0.25, -0.2) is 0 Å². The van der Waals surface area contributed by atoms with Gasteiger partial charge in [-0.15, -0.1) is 0 Å². The Bertz CT molecular complexity index is 715. The highest BCUT2D eigenvalue weighted by Crippen LogP contribution is 2.23. The van der Waals surface area contributed by atoms with Crippen LogP contribution in [0.1, 0.15) is 17.5 Å². The summed E-state index contributed by atoms with van der Waals surface area (Å²) < 4.78 is 5.92. The molecule has 0 aromatic heterocycles. The van der Waals surface area contributed by atoms with E-state index in [4.69, 9.17) is 27.9 Å². The number of aryl methyl sites for hydroxylation is 1. The molecule has 1 fully saturated rings. The Morgan fingerprint density at radius 2 is 1.81 bits per heavy atom. The quantitative estimate of drug-likeness (QED) is 0.675. The van der Waals surface area contributed by atoms with Crippen LogP contribution in [0.15, 0.2) is 42.5 Å². The Hall–Kier alpha value is -1.26. The topological polar surface area (TPSA) is 15.7 Å². The van der Waals surface area contributed by atoms with Crippen molar-refractivity contribution in [1.82, 2.24) is 9.80 Å². The number of halogens is 2. The van der Waals surface area contributed by atoms with Crippen molar-refractivity contribution in [2.45, 2.75) is 19.4 Å². The molecule has 0 saturated carbocycles. The van der Waals surface area contributed by atoms with Crippen LogP contribution in [0.5, 0.6) is 5.75 Å². The largest absolute Gasteiger partial charge is 0.489 e. The number of rotatable bonds is 7. The number of piperazine rings is 1. The summed E-state index contributed by atoms with van der Waals surface area (Å²) >= 11 is 12.1. The lowest BCUT2D eigenvalue weighted by molar-refractivity contribution is 0.153. The highest BCUT2D eigenvalue weighted by molar-refractivity contribution is 6.35. The first-order valence-electron chi connectivity index (χ1n) is 9.17. The summed E-state index contributed by atoms with van der Waals surface area (Å²) in [6.07, 6.45) is 2.25. The minimum Gasteiger partial charge on any atom is -0.489 e. The first-order chi connectivity index (χ1) is 12.6. The number of nitrogens with zero attached hydrogens (tertiary/aromatic N) is 2. The molecule has 0 aliphatic carbocycles. The molecule has 26 heavy (non-hydrogen) atoms. The third-order valence-corrected chi connectivity index (χ3v) is 5.43. The standard InChI is InChI=1S/C21H26Cl2N2O/c1-24-10-12-25(13-11-24)9-3-5-17-4-2-6-20(14-17)26-16-18-7-8-19(22)15-21(18)23/h2,4,6-8,14-15H,3,5,9-13,16H2,1H3.